The lowest BCUT2D eigenvalue weighted by Gasteiger charge is -2.04. The van der Waals surface area contributed by atoms with Crippen LogP contribution in [0.25, 0.3) is 22.4 Å². The Morgan fingerprint density at radius 3 is 2.58 bits per heavy atom. The Morgan fingerprint density at radius 1 is 1.00 bits per heavy atom. The molecule has 0 unspecified atom stereocenters. The van der Waals surface area contributed by atoms with Gasteiger partial charge in [-0.1, -0.05) is 29.8 Å². The molecule has 0 aliphatic heterocycles. The molecule has 3 nitrogen and oxygen atoms in total. The van der Waals surface area contributed by atoms with Crippen molar-refractivity contribution in [3.05, 3.63) is 60.0 Å². The highest BCUT2D eigenvalue weighted by atomic mass is 15.1. The van der Waals surface area contributed by atoms with Crippen molar-refractivity contribution in [1.82, 2.24) is 15.2 Å². The van der Waals surface area contributed by atoms with Gasteiger partial charge in [0.15, 0.2) is 0 Å². The standard InChI is InChI=1S/C16H15N3/c1-11-5-3-6-13(9-11)16-15(12(2)18-19-16)14-7-4-8-17-10-14/h3-10H,1-2H3,(H,18,19). The Balaban J connectivity index is 2.19. The number of hydrogen-bond acceptors (Lipinski definition) is 2. The van der Waals surface area contributed by atoms with Gasteiger partial charge in [0.25, 0.3) is 0 Å². The monoisotopic (exact) mass is 249 g/mol. The molecule has 0 atom stereocenters. The summed E-state index contributed by atoms with van der Waals surface area (Å²) in [6.45, 7) is 4.13. The predicted octanol–water partition coefficient (Wildman–Crippen LogP) is 3.76. The summed E-state index contributed by atoms with van der Waals surface area (Å²) in [5.74, 6) is 0. The van der Waals surface area contributed by atoms with Crippen LogP contribution in [0.2, 0.25) is 0 Å². The van der Waals surface area contributed by atoms with E-state index in [-0.39, 0.29) is 0 Å². The zero-order valence-corrected chi connectivity index (χ0v) is 11.0. The van der Waals surface area contributed by atoms with Gasteiger partial charge in [-0.3, -0.25) is 10.1 Å². The van der Waals surface area contributed by atoms with Gasteiger partial charge in [-0.25, -0.2) is 0 Å². The molecule has 3 rings (SSSR count). The van der Waals surface area contributed by atoms with E-state index in [9.17, 15) is 0 Å². The fourth-order valence-corrected chi connectivity index (χ4v) is 2.29. The van der Waals surface area contributed by atoms with Crippen LogP contribution in [-0.4, -0.2) is 15.2 Å². The summed E-state index contributed by atoms with van der Waals surface area (Å²) in [6, 6.07) is 12.4. The highest BCUT2D eigenvalue weighted by molar-refractivity contribution is 5.82. The van der Waals surface area contributed by atoms with Crippen molar-refractivity contribution in [2.75, 3.05) is 0 Å². The number of aryl methyl sites for hydroxylation is 2. The van der Waals surface area contributed by atoms with Crippen LogP contribution >= 0.6 is 0 Å². The minimum Gasteiger partial charge on any atom is -0.282 e. The molecule has 3 aromatic rings. The van der Waals surface area contributed by atoms with E-state index in [1.165, 1.54) is 5.56 Å². The molecular weight excluding hydrogens is 234 g/mol. The van der Waals surface area contributed by atoms with Crippen LogP contribution in [0.1, 0.15) is 11.3 Å². The van der Waals surface area contributed by atoms with Gasteiger partial charge in [0.2, 0.25) is 0 Å². The van der Waals surface area contributed by atoms with Crippen LogP contribution < -0.4 is 0 Å². The first-order valence-electron chi connectivity index (χ1n) is 6.28. The molecular formula is C16H15N3. The second-order valence-corrected chi connectivity index (χ2v) is 4.68. The van der Waals surface area contributed by atoms with E-state index < -0.39 is 0 Å². The Bertz CT molecular complexity index is 699. The van der Waals surface area contributed by atoms with E-state index in [0.29, 0.717) is 0 Å². The van der Waals surface area contributed by atoms with E-state index >= 15 is 0 Å². The van der Waals surface area contributed by atoms with Crippen molar-refractivity contribution >= 4 is 0 Å². The van der Waals surface area contributed by atoms with Crippen molar-refractivity contribution in [2.24, 2.45) is 0 Å². The van der Waals surface area contributed by atoms with Gasteiger partial charge in [0, 0.05) is 34.8 Å². The van der Waals surface area contributed by atoms with Gasteiger partial charge in [0.1, 0.15) is 5.69 Å². The molecule has 0 bridgehead atoms. The first-order chi connectivity index (χ1) is 9.25. The van der Waals surface area contributed by atoms with Crippen LogP contribution in [0.5, 0.6) is 0 Å². The number of benzene rings is 1. The van der Waals surface area contributed by atoms with Crippen molar-refractivity contribution in [3.63, 3.8) is 0 Å². The molecule has 0 radical (unpaired) electrons. The maximum atomic E-state index is 4.45. The predicted molar refractivity (Wildman–Crippen MR) is 76.7 cm³/mol. The number of H-pyrrole nitrogens is 1. The third kappa shape index (κ3) is 2.15. The van der Waals surface area contributed by atoms with Gasteiger partial charge in [0.05, 0.1) is 0 Å². The zero-order valence-electron chi connectivity index (χ0n) is 11.0. The minimum absolute atomic E-state index is 0.981. The van der Waals surface area contributed by atoms with Gasteiger partial charge in [-0.2, -0.15) is 5.10 Å². The molecule has 2 aromatic heterocycles. The molecule has 2 heterocycles. The second-order valence-electron chi connectivity index (χ2n) is 4.68. The Kier molecular flexibility index (Phi) is 2.88. The lowest BCUT2D eigenvalue weighted by molar-refractivity contribution is 1.05. The molecule has 19 heavy (non-hydrogen) atoms. The van der Waals surface area contributed by atoms with Crippen LogP contribution in [-0.2, 0) is 0 Å². The second kappa shape index (κ2) is 4.69. The smallest absolute Gasteiger partial charge is 0.100 e. The summed E-state index contributed by atoms with van der Waals surface area (Å²) in [4.78, 5) is 4.19. The quantitative estimate of drug-likeness (QED) is 0.751. The van der Waals surface area contributed by atoms with Crippen LogP contribution in [0.15, 0.2) is 48.8 Å². The van der Waals surface area contributed by atoms with Gasteiger partial charge in [-0.05, 0) is 26.0 Å². The summed E-state index contributed by atoms with van der Waals surface area (Å²) < 4.78 is 0. The number of hydrogen-bond donors (Lipinski definition) is 1. The SMILES string of the molecule is Cc1cccc(-c2n[nH]c(C)c2-c2cccnc2)c1. The van der Waals surface area contributed by atoms with Crippen LogP contribution in [0.4, 0.5) is 0 Å². The molecule has 0 aliphatic rings. The first kappa shape index (κ1) is 11.7. The molecule has 1 aromatic carbocycles. The zero-order chi connectivity index (χ0) is 13.2. The van der Waals surface area contributed by atoms with Crippen LogP contribution in [0.3, 0.4) is 0 Å². The van der Waals surface area contributed by atoms with Gasteiger partial charge in [-0.15, -0.1) is 0 Å². The average molecular weight is 249 g/mol. The molecule has 0 saturated carbocycles. The topological polar surface area (TPSA) is 41.6 Å². The Hall–Kier alpha value is -2.42. The van der Waals surface area contributed by atoms with Crippen molar-refractivity contribution in [1.29, 1.82) is 0 Å². The maximum absolute atomic E-state index is 4.45. The van der Waals surface area contributed by atoms with Crippen LogP contribution in [0, 0.1) is 13.8 Å². The third-order valence-electron chi connectivity index (χ3n) is 3.19. The number of nitrogens with zero attached hydrogens (tertiary/aromatic N) is 2. The highest BCUT2D eigenvalue weighted by Gasteiger charge is 2.14. The fraction of sp³-hybridized carbons (Fsp3) is 0.125. The normalized spacial score (nSPS) is 10.6. The Morgan fingerprint density at radius 2 is 1.84 bits per heavy atom. The number of rotatable bonds is 2. The fourth-order valence-electron chi connectivity index (χ4n) is 2.29. The molecule has 1 N–H and O–H groups in total. The van der Waals surface area contributed by atoms with Crippen molar-refractivity contribution in [2.45, 2.75) is 13.8 Å². The summed E-state index contributed by atoms with van der Waals surface area (Å²) in [5, 5.41) is 7.53. The first-order valence-corrected chi connectivity index (χ1v) is 6.28. The summed E-state index contributed by atoms with van der Waals surface area (Å²) in [5.41, 5.74) is 6.61. The van der Waals surface area contributed by atoms with Gasteiger partial charge < -0.3 is 0 Å². The molecule has 0 fully saturated rings. The number of aromatic nitrogens is 3. The summed E-state index contributed by atoms with van der Waals surface area (Å²) in [7, 11) is 0. The molecule has 0 spiro atoms. The summed E-state index contributed by atoms with van der Waals surface area (Å²) >= 11 is 0. The number of nitrogens with one attached hydrogen (secondary N) is 1. The van der Waals surface area contributed by atoms with E-state index in [2.05, 4.69) is 52.4 Å². The van der Waals surface area contributed by atoms with E-state index in [1.807, 2.05) is 19.2 Å². The molecule has 0 amide bonds. The third-order valence-corrected chi connectivity index (χ3v) is 3.19. The minimum atomic E-state index is 0.981. The number of pyridine rings is 1. The number of aromatic amines is 1. The van der Waals surface area contributed by atoms with E-state index in [1.54, 1.807) is 6.20 Å². The van der Waals surface area contributed by atoms with Crippen molar-refractivity contribution < 1.29 is 0 Å². The maximum Gasteiger partial charge on any atom is 0.100 e. The summed E-state index contributed by atoms with van der Waals surface area (Å²) in [6.07, 6.45) is 3.66. The van der Waals surface area contributed by atoms with E-state index in [4.69, 9.17) is 0 Å². The van der Waals surface area contributed by atoms with Gasteiger partial charge >= 0.3 is 0 Å². The highest BCUT2D eigenvalue weighted by Crippen LogP contribution is 2.32. The molecule has 94 valence electrons. The Labute approximate surface area is 112 Å². The molecule has 0 saturated heterocycles. The lowest BCUT2D eigenvalue weighted by atomic mass is 10.00. The largest absolute Gasteiger partial charge is 0.282 e. The average Bonchev–Trinajstić information content (AvgIpc) is 2.82. The lowest BCUT2D eigenvalue weighted by Crippen LogP contribution is -1.85. The molecule has 3 heteroatoms. The molecule has 0 aliphatic carbocycles. The van der Waals surface area contributed by atoms with E-state index in [0.717, 1.165) is 28.1 Å². The van der Waals surface area contributed by atoms with Crippen molar-refractivity contribution in [3.8, 4) is 22.4 Å².